The molecule has 0 aromatic carbocycles. The van der Waals surface area contributed by atoms with Crippen LogP contribution < -0.4 is 18.9 Å². The topological polar surface area (TPSA) is 57.2 Å². The van der Waals surface area contributed by atoms with Gasteiger partial charge in [0.1, 0.15) is 10.1 Å². The van der Waals surface area contributed by atoms with Gasteiger partial charge in [-0.25, -0.2) is 47.9 Å². The monoisotopic (exact) mass is 562 g/mol. The fraction of sp³-hybridized carbons (Fsp3) is 1.00. The third-order valence-electron chi connectivity index (χ3n) is 3.85. The Balaban J connectivity index is 0. The van der Waals surface area contributed by atoms with Crippen LogP contribution in [0.2, 0.25) is 0 Å². The summed E-state index contributed by atoms with van der Waals surface area (Å²) in [5.74, 6) is -31.3. The van der Waals surface area contributed by atoms with Crippen molar-refractivity contribution in [2.45, 2.75) is 72.6 Å². The van der Waals surface area contributed by atoms with Crippen LogP contribution in [0.1, 0.15) is 0 Å². The number of halogens is 17. The molecular weight excluding hydrogens is 554 g/mol. The zero-order valence-corrected chi connectivity index (χ0v) is 16.5. The Labute approximate surface area is 189 Å². The molecule has 0 fully saturated rings. The van der Waals surface area contributed by atoms with Crippen LogP contribution in [0.15, 0.2) is 0 Å². The molecule has 0 radical (unpaired) electrons. The van der Waals surface area contributed by atoms with Gasteiger partial charge in [0.25, 0.3) is 11.9 Å². The summed E-state index contributed by atoms with van der Waals surface area (Å²) in [6.07, 6.45) is -33.9. The molecule has 0 aliphatic carbocycles. The van der Waals surface area contributed by atoms with E-state index in [9.17, 15) is 87.6 Å². The van der Waals surface area contributed by atoms with Crippen LogP contribution in [0.3, 0.4) is 0 Å². The van der Waals surface area contributed by atoms with Crippen LogP contribution >= 0.6 is 0 Å². The van der Waals surface area contributed by atoms with Crippen molar-refractivity contribution in [2.24, 2.45) is 0 Å². The zero-order chi connectivity index (χ0) is 27.1. The molecule has 0 aromatic rings. The molecule has 0 rings (SSSR count). The smallest absolute Gasteiger partial charge is 0.746 e. The van der Waals surface area contributed by atoms with Gasteiger partial charge in [-0.3, -0.25) is 0 Å². The first-order chi connectivity index (χ1) is 14.3. The minimum Gasteiger partial charge on any atom is -0.746 e. The Bertz CT molecular complexity index is 765. The quantitative estimate of drug-likeness (QED) is 0.207. The molecule has 0 aliphatic rings. The Morgan fingerprint density at radius 3 is 1.15 bits per heavy atom. The summed E-state index contributed by atoms with van der Waals surface area (Å²) in [4.78, 5) is 0. The molecule has 0 aromatic heterocycles. The van der Waals surface area contributed by atoms with Crippen LogP contribution in [0.25, 0.3) is 0 Å². The summed E-state index contributed by atoms with van der Waals surface area (Å²) in [6.45, 7) is 0. The minimum absolute atomic E-state index is 0. The van der Waals surface area contributed by atoms with Crippen molar-refractivity contribution < 1.29 is 106 Å². The fourth-order valence-corrected chi connectivity index (χ4v) is 2.45. The molecule has 0 amide bonds. The molecule has 0 aliphatic heterocycles. The van der Waals surface area contributed by atoms with Gasteiger partial charge >= 0.3 is 42.6 Å². The second-order valence-corrected chi connectivity index (χ2v) is 7.56. The second kappa shape index (κ2) is 11.1. The molecule has 0 N–H and O–H groups in total. The first kappa shape index (κ1) is 35.5. The Hall–Kier alpha value is -0.683. The molecule has 0 saturated heterocycles. The first-order valence-electron chi connectivity index (χ1n) is 7.54. The third-order valence-corrected chi connectivity index (χ3v) is 4.66. The maximum Gasteiger partial charge on any atom is 1.00 e. The number of hydrogen-bond donors (Lipinski definition) is 0. The number of hydrogen-bond acceptors (Lipinski definition) is 3. The van der Waals surface area contributed by atoms with Gasteiger partial charge < -0.3 is 4.55 Å². The van der Waals surface area contributed by atoms with Crippen LogP contribution in [-0.2, 0) is 10.1 Å². The van der Waals surface area contributed by atoms with Crippen molar-refractivity contribution in [3.05, 3.63) is 0 Å². The summed E-state index contributed by atoms with van der Waals surface area (Å²) >= 11 is 0. The molecule has 0 heterocycles. The molecule has 0 spiro atoms. The van der Waals surface area contributed by atoms with E-state index >= 15 is 0 Å². The van der Waals surface area contributed by atoms with E-state index in [4.69, 9.17) is 0 Å². The molecule has 34 heavy (non-hydrogen) atoms. The summed E-state index contributed by atoms with van der Waals surface area (Å²) in [6, 6.07) is 0. The predicted octanol–water partition coefficient (Wildman–Crippen LogP) is 1.67. The van der Waals surface area contributed by atoms with E-state index in [1.165, 1.54) is 0 Å². The fourth-order valence-electron chi connectivity index (χ4n) is 1.94. The van der Waals surface area contributed by atoms with Crippen molar-refractivity contribution in [3.63, 3.8) is 0 Å². The van der Waals surface area contributed by atoms with E-state index in [-0.39, 0.29) is 18.9 Å². The van der Waals surface area contributed by atoms with Gasteiger partial charge in [-0.2, -0.15) is 35.1 Å². The third kappa shape index (κ3) is 6.17. The maximum atomic E-state index is 13.4. The molecule has 7 atom stereocenters. The standard InChI is InChI=1S/C12H9F17O3S.Li/c13-1(3(15)5(17)7(19)20)2(14)4(16)6(18)9(22,23)11(26,27)12(28,29)10(24,25)8(21)33(30,31)32;/h1-8H,(H,30,31,32);/q;+1/p-1. The average Bonchev–Trinajstić information content (AvgIpc) is 2.68. The largest absolute Gasteiger partial charge is 1.00 e. The van der Waals surface area contributed by atoms with E-state index in [0.29, 0.717) is 0 Å². The van der Waals surface area contributed by atoms with Gasteiger partial charge in [0.05, 0.1) is 0 Å². The van der Waals surface area contributed by atoms with Crippen LogP contribution in [-0.4, -0.2) is 85.6 Å². The van der Waals surface area contributed by atoms with Crippen molar-refractivity contribution >= 4 is 10.1 Å². The van der Waals surface area contributed by atoms with Crippen LogP contribution in [0.4, 0.5) is 74.6 Å². The number of rotatable bonds is 12. The van der Waals surface area contributed by atoms with Gasteiger partial charge in [0.15, 0.2) is 30.9 Å². The van der Waals surface area contributed by atoms with Gasteiger partial charge in [-0.15, -0.1) is 0 Å². The predicted molar refractivity (Wildman–Crippen MR) is 69.8 cm³/mol. The SMILES string of the molecule is O=S(=O)([O-])C(F)C(F)(F)C(F)(F)C(F)(F)C(F)(F)C(F)C(F)C(F)C(F)C(F)C(F)C(F)F.[Li+]. The van der Waals surface area contributed by atoms with Crippen molar-refractivity contribution in [2.75, 3.05) is 0 Å². The molecule has 22 heteroatoms. The van der Waals surface area contributed by atoms with E-state index in [0.717, 1.165) is 0 Å². The first-order valence-corrected chi connectivity index (χ1v) is 9.01. The van der Waals surface area contributed by atoms with E-state index in [1.54, 1.807) is 0 Å². The van der Waals surface area contributed by atoms with Crippen molar-refractivity contribution in [1.29, 1.82) is 0 Å². The molecule has 0 bridgehead atoms. The Morgan fingerprint density at radius 2 is 0.824 bits per heavy atom. The molecule has 7 unspecified atom stereocenters. The second-order valence-electron chi connectivity index (χ2n) is 6.16. The van der Waals surface area contributed by atoms with Gasteiger partial charge in [0.2, 0.25) is 6.17 Å². The van der Waals surface area contributed by atoms with Gasteiger partial charge in [-0.05, 0) is 0 Å². The summed E-state index contributed by atoms with van der Waals surface area (Å²) in [5.41, 5.74) is -5.87. The molecule has 200 valence electrons. The Kier molecular flexibility index (Phi) is 11.6. The molecule has 3 nitrogen and oxygen atoms in total. The molecule has 0 saturated carbocycles. The van der Waals surface area contributed by atoms with Gasteiger partial charge in [0, 0.05) is 0 Å². The van der Waals surface area contributed by atoms with E-state index in [2.05, 4.69) is 0 Å². The van der Waals surface area contributed by atoms with Crippen molar-refractivity contribution in [1.82, 2.24) is 0 Å². The minimum atomic E-state index is -8.07. The van der Waals surface area contributed by atoms with Crippen LogP contribution in [0, 0.1) is 0 Å². The van der Waals surface area contributed by atoms with E-state index in [1.807, 2.05) is 0 Å². The summed E-state index contributed by atoms with van der Waals surface area (Å²) in [7, 11) is -7.28. The van der Waals surface area contributed by atoms with Crippen LogP contribution in [0.5, 0.6) is 0 Å². The average molecular weight is 562 g/mol. The Morgan fingerprint density at radius 1 is 0.529 bits per heavy atom. The van der Waals surface area contributed by atoms with Gasteiger partial charge in [-0.1, -0.05) is 0 Å². The maximum absolute atomic E-state index is 13.4. The van der Waals surface area contributed by atoms with Crippen molar-refractivity contribution in [3.8, 4) is 0 Å². The molecular formula is C12H8F17LiO3S. The zero-order valence-electron chi connectivity index (χ0n) is 15.7. The summed E-state index contributed by atoms with van der Waals surface area (Å²) in [5, 5.41) is 0. The van der Waals surface area contributed by atoms with E-state index < -0.39 is 82.8 Å². The summed E-state index contributed by atoms with van der Waals surface area (Å²) < 4.78 is 252. The number of alkyl halides is 17. The normalized spacial score (nSPS) is 20.7.